The van der Waals surface area contributed by atoms with Crippen LogP contribution in [-0.4, -0.2) is 12.5 Å². The van der Waals surface area contributed by atoms with Gasteiger partial charge in [0, 0.05) is 16.1 Å². The largest absolute Gasteiger partial charge is 0.330 e. The minimum Gasteiger partial charge on any atom is -0.330 e. The Morgan fingerprint density at radius 3 is 2.44 bits per heavy atom. The summed E-state index contributed by atoms with van der Waals surface area (Å²) in [6.45, 7) is 6.60. The Labute approximate surface area is 117 Å². The highest BCUT2D eigenvalue weighted by Crippen LogP contribution is 2.25. The van der Waals surface area contributed by atoms with Crippen molar-refractivity contribution in [2.75, 3.05) is 11.9 Å². The molecule has 3 nitrogen and oxygen atoms in total. The summed E-state index contributed by atoms with van der Waals surface area (Å²) in [6.07, 6.45) is 1.71. The zero-order valence-electron chi connectivity index (χ0n) is 11.2. The van der Waals surface area contributed by atoms with Crippen LogP contribution < -0.4 is 11.1 Å². The zero-order chi connectivity index (χ0) is 13.7. The average molecular weight is 313 g/mol. The molecule has 0 aliphatic carbocycles. The average Bonchev–Trinajstić information content (AvgIpc) is 2.32. The summed E-state index contributed by atoms with van der Waals surface area (Å²) in [4.78, 5) is 12.0. The first-order valence-electron chi connectivity index (χ1n) is 6.23. The number of carbonyl (C=O) groups is 1. The van der Waals surface area contributed by atoms with Gasteiger partial charge in [-0.15, -0.1) is 0 Å². The maximum Gasteiger partial charge on any atom is 0.227 e. The minimum atomic E-state index is -0.00203. The van der Waals surface area contributed by atoms with E-state index in [9.17, 15) is 4.79 Å². The van der Waals surface area contributed by atoms with Crippen LogP contribution in [0.15, 0.2) is 16.6 Å². The van der Waals surface area contributed by atoms with Crippen LogP contribution in [-0.2, 0) is 4.79 Å². The van der Waals surface area contributed by atoms with E-state index in [4.69, 9.17) is 5.73 Å². The van der Waals surface area contributed by atoms with Crippen molar-refractivity contribution >= 4 is 27.5 Å². The van der Waals surface area contributed by atoms with Gasteiger partial charge in [0.15, 0.2) is 0 Å². The van der Waals surface area contributed by atoms with Crippen LogP contribution in [0.25, 0.3) is 0 Å². The monoisotopic (exact) mass is 312 g/mol. The summed E-state index contributed by atoms with van der Waals surface area (Å²) in [5.41, 5.74) is 8.56. The maximum absolute atomic E-state index is 12.0. The van der Waals surface area contributed by atoms with Gasteiger partial charge in [-0.1, -0.05) is 22.9 Å². The Morgan fingerprint density at radius 1 is 1.39 bits per heavy atom. The molecule has 0 bridgehead atoms. The number of aryl methyl sites for hydroxylation is 2. The molecule has 0 aliphatic heterocycles. The number of nitrogens with one attached hydrogen (secondary N) is 1. The number of benzene rings is 1. The van der Waals surface area contributed by atoms with E-state index in [1.54, 1.807) is 0 Å². The Hall–Kier alpha value is -0.870. The number of halogens is 1. The molecule has 0 heterocycles. The minimum absolute atomic E-state index is 0.00203. The first-order valence-corrected chi connectivity index (χ1v) is 7.02. The molecule has 100 valence electrons. The normalized spacial score (nSPS) is 12.3. The Balaban J connectivity index is 2.70. The fourth-order valence-electron chi connectivity index (χ4n) is 1.84. The third-order valence-corrected chi connectivity index (χ3v) is 4.24. The van der Waals surface area contributed by atoms with E-state index < -0.39 is 0 Å². The molecule has 1 aromatic rings. The van der Waals surface area contributed by atoms with Gasteiger partial charge in [-0.2, -0.15) is 0 Å². The van der Waals surface area contributed by atoms with Crippen molar-refractivity contribution in [3.63, 3.8) is 0 Å². The highest BCUT2D eigenvalue weighted by Gasteiger charge is 2.13. The van der Waals surface area contributed by atoms with Crippen molar-refractivity contribution in [3.8, 4) is 0 Å². The maximum atomic E-state index is 12.0. The van der Waals surface area contributed by atoms with Crippen molar-refractivity contribution in [1.29, 1.82) is 0 Å². The molecular formula is C14H21BrN2O. The molecule has 0 fully saturated rings. The number of hydrogen-bond acceptors (Lipinski definition) is 2. The molecule has 0 spiro atoms. The highest BCUT2D eigenvalue weighted by molar-refractivity contribution is 9.10. The third-order valence-electron chi connectivity index (χ3n) is 2.99. The Bertz CT molecular complexity index is 409. The van der Waals surface area contributed by atoms with Crippen molar-refractivity contribution in [2.24, 2.45) is 11.7 Å². The Morgan fingerprint density at radius 2 is 1.94 bits per heavy atom. The van der Waals surface area contributed by atoms with E-state index in [0.717, 1.165) is 34.1 Å². The van der Waals surface area contributed by atoms with Crippen LogP contribution in [0.3, 0.4) is 0 Å². The van der Waals surface area contributed by atoms with Crippen molar-refractivity contribution in [3.05, 3.63) is 27.7 Å². The lowest BCUT2D eigenvalue weighted by Crippen LogP contribution is -2.21. The van der Waals surface area contributed by atoms with E-state index >= 15 is 0 Å². The van der Waals surface area contributed by atoms with E-state index in [1.165, 1.54) is 0 Å². The molecule has 3 N–H and O–H groups in total. The fraction of sp³-hybridized carbons (Fsp3) is 0.500. The van der Waals surface area contributed by atoms with Gasteiger partial charge in [-0.05, 0) is 56.5 Å². The topological polar surface area (TPSA) is 55.1 Å². The lowest BCUT2D eigenvalue weighted by atomic mass is 10.0. The molecule has 1 rings (SSSR count). The summed E-state index contributed by atoms with van der Waals surface area (Å²) in [5.74, 6) is 0.0578. The molecule has 0 aliphatic rings. The Kier molecular flexibility index (Phi) is 5.82. The van der Waals surface area contributed by atoms with Crippen LogP contribution in [0.2, 0.25) is 0 Å². The van der Waals surface area contributed by atoms with Gasteiger partial charge >= 0.3 is 0 Å². The van der Waals surface area contributed by atoms with E-state index in [2.05, 4.69) is 21.2 Å². The first kappa shape index (κ1) is 15.2. The standard InChI is InChI=1S/C14H21BrN2O/c1-9(5-4-6-16)14(18)17-12-7-10(2)13(15)11(3)8-12/h7-9H,4-6,16H2,1-3H3,(H,17,18). The summed E-state index contributed by atoms with van der Waals surface area (Å²) >= 11 is 3.52. The third kappa shape index (κ3) is 4.10. The van der Waals surface area contributed by atoms with Crippen molar-refractivity contribution < 1.29 is 4.79 Å². The van der Waals surface area contributed by atoms with Crippen LogP contribution >= 0.6 is 15.9 Å². The predicted octanol–water partition coefficient (Wildman–Crippen LogP) is 3.38. The number of rotatable bonds is 5. The van der Waals surface area contributed by atoms with Crippen LogP contribution in [0.1, 0.15) is 30.9 Å². The van der Waals surface area contributed by atoms with Crippen molar-refractivity contribution in [2.45, 2.75) is 33.6 Å². The second-order valence-corrected chi connectivity index (χ2v) is 5.54. The number of amides is 1. The number of nitrogens with two attached hydrogens (primary N) is 1. The molecule has 0 radical (unpaired) electrons. The van der Waals surface area contributed by atoms with Gasteiger partial charge in [-0.3, -0.25) is 4.79 Å². The molecule has 1 aromatic carbocycles. The SMILES string of the molecule is Cc1cc(NC(=O)C(C)CCCN)cc(C)c1Br. The molecular weight excluding hydrogens is 292 g/mol. The van der Waals surface area contributed by atoms with Gasteiger partial charge in [-0.25, -0.2) is 0 Å². The van der Waals surface area contributed by atoms with Gasteiger partial charge in [0.1, 0.15) is 0 Å². The first-order chi connectivity index (χ1) is 8.45. The summed E-state index contributed by atoms with van der Waals surface area (Å²) in [7, 11) is 0. The molecule has 1 amide bonds. The summed E-state index contributed by atoms with van der Waals surface area (Å²) in [6, 6.07) is 3.95. The molecule has 18 heavy (non-hydrogen) atoms. The molecule has 0 saturated carbocycles. The van der Waals surface area contributed by atoms with Gasteiger partial charge in [0.25, 0.3) is 0 Å². The van der Waals surface area contributed by atoms with Gasteiger partial charge in [0.05, 0.1) is 0 Å². The molecule has 1 atom stereocenters. The lowest BCUT2D eigenvalue weighted by Gasteiger charge is -2.13. The van der Waals surface area contributed by atoms with Gasteiger partial charge in [0.2, 0.25) is 5.91 Å². The number of hydrogen-bond donors (Lipinski definition) is 2. The van der Waals surface area contributed by atoms with E-state index in [0.29, 0.717) is 6.54 Å². The summed E-state index contributed by atoms with van der Waals surface area (Å²) < 4.78 is 1.09. The van der Waals surface area contributed by atoms with Crippen LogP contribution in [0.4, 0.5) is 5.69 Å². The van der Waals surface area contributed by atoms with E-state index in [1.807, 2.05) is 32.9 Å². The fourth-order valence-corrected chi connectivity index (χ4v) is 2.07. The second-order valence-electron chi connectivity index (χ2n) is 4.75. The quantitative estimate of drug-likeness (QED) is 0.875. The number of anilines is 1. The summed E-state index contributed by atoms with van der Waals surface area (Å²) in [5, 5.41) is 2.96. The lowest BCUT2D eigenvalue weighted by molar-refractivity contribution is -0.119. The van der Waals surface area contributed by atoms with Crippen LogP contribution in [0.5, 0.6) is 0 Å². The number of carbonyl (C=O) groups excluding carboxylic acids is 1. The van der Waals surface area contributed by atoms with E-state index in [-0.39, 0.29) is 11.8 Å². The highest BCUT2D eigenvalue weighted by atomic mass is 79.9. The molecule has 4 heteroatoms. The molecule has 0 aromatic heterocycles. The predicted molar refractivity (Wildman–Crippen MR) is 79.7 cm³/mol. The molecule has 1 unspecified atom stereocenters. The van der Waals surface area contributed by atoms with Crippen molar-refractivity contribution in [1.82, 2.24) is 0 Å². The molecule has 0 saturated heterocycles. The zero-order valence-corrected chi connectivity index (χ0v) is 12.8. The smallest absolute Gasteiger partial charge is 0.227 e. The van der Waals surface area contributed by atoms with Crippen LogP contribution in [0, 0.1) is 19.8 Å². The van der Waals surface area contributed by atoms with Gasteiger partial charge < -0.3 is 11.1 Å². The second kappa shape index (κ2) is 6.90.